The van der Waals surface area contributed by atoms with E-state index in [9.17, 15) is 44.4 Å². The van der Waals surface area contributed by atoms with Crippen molar-refractivity contribution in [1.82, 2.24) is 0 Å². The predicted molar refractivity (Wildman–Crippen MR) is 148 cm³/mol. The number of ether oxygens (including phenoxy) is 5. The van der Waals surface area contributed by atoms with Gasteiger partial charge in [0.15, 0.2) is 17.5 Å². The molecule has 1 unspecified atom stereocenters. The van der Waals surface area contributed by atoms with Gasteiger partial charge in [-0.2, -0.15) is 0 Å². The Balaban J connectivity index is 1.87. The van der Waals surface area contributed by atoms with Gasteiger partial charge in [-0.3, -0.25) is 9.59 Å². The van der Waals surface area contributed by atoms with E-state index in [0.29, 0.717) is 0 Å². The third kappa shape index (κ3) is 4.56. The minimum Gasteiger partial charge on any atom is -0.478 e. The number of carbonyl (C=O) groups is 5. The van der Waals surface area contributed by atoms with Crippen LogP contribution >= 0.6 is 0 Å². The third-order valence-electron chi connectivity index (χ3n) is 10.2. The van der Waals surface area contributed by atoms with E-state index in [2.05, 4.69) is 0 Å². The molecule has 1 aromatic rings. The summed E-state index contributed by atoms with van der Waals surface area (Å²) in [6, 6.07) is 7.67. The van der Waals surface area contributed by atoms with Crippen LogP contribution < -0.4 is 0 Å². The van der Waals surface area contributed by atoms with Crippen LogP contribution in [0.3, 0.4) is 0 Å². The molecule has 9 atom stereocenters. The Morgan fingerprint density at radius 2 is 1.67 bits per heavy atom. The van der Waals surface area contributed by atoms with Gasteiger partial charge in [0, 0.05) is 25.2 Å². The SMILES string of the molecule is COC(=O)O[C@@]12CO[C@@H]1C[C@H](O)[C@@]1(C)C(=O)[C@H](OC(C)=O)C3=C(C(=O)O)[C@@H](O)C[C@@](O)([C@@H](OC(=O)c4ccccc4)C12)C3(C)C. The lowest BCUT2D eigenvalue weighted by atomic mass is 9.44. The van der Waals surface area contributed by atoms with Gasteiger partial charge < -0.3 is 44.1 Å². The molecule has 4 aliphatic rings. The van der Waals surface area contributed by atoms with Crippen LogP contribution in [0.2, 0.25) is 0 Å². The average molecular weight is 633 g/mol. The monoisotopic (exact) mass is 632 g/mol. The standard InChI is InChI=1S/C31H36O14/c1-14(32)43-21-20-19(25(36)37)16(33)12-31(40,28(20,2)3)24(44-26(38)15-9-7-6-8-10-15)22-29(4,23(21)35)17(34)11-18-30(22,13-42-18)45-27(39)41-5/h6-10,16-18,21-22,24,33-34,40H,11-13H2,1-5H3,(H,36,37)/t16-,17-,18+,21+,22?,24-,29+,30-,31+/m0/s1. The summed E-state index contributed by atoms with van der Waals surface area (Å²) in [6.07, 6.45) is -10.7. The van der Waals surface area contributed by atoms with E-state index in [0.717, 1.165) is 14.0 Å². The summed E-state index contributed by atoms with van der Waals surface area (Å²) in [6.45, 7) is 4.65. The first-order chi connectivity index (χ1) is 21.0. The number of carboxylic acid groups (broad SMARTS) is 1. The number of carboxylic acids is 1. The number of aliphatic hydroxyl groups excluding tert-OH is 2. The predicted octanol–water partition coefficient (Wildman–Crippen LogP) is 0.937. The molecule has 5 rings (SSSR count). The lowest BCUT2D eigenvalue weighted by Gasteiger charge is -2.67. The fourth-order valence-corrected chi connectivity index (χ4v) is 7.82. The number of aliphatic hydroxyl groups is 3. The van der Waals surface area contributed by atoms with Gasteiger partial charge in [-0.1, -0.05) is 32.0 Å². The zero-order chi connectivity index (χ0) is 33.3. The second-order valence-electron chi connectivity index (χ2n) is 12.8. The summed E-state index contributed by atoms with van der Waals surface area (Å²) in [5.41, 5.74) is -9.35. The average Bonchev–Trinajstić information content (AvgIpc) is 2.97. The third-order valence-corrected chi connectivity index (χ3v) is 10.2. The van der Waals surface area contributed by atoms with Crippen LogP contribution in [0, 0.1) is 16.7 Å². The van der Waals surface area contributed by atoms with Crippen LogP contribution in [0.1, 0.15) is 50.9 Å². The van der Waals surface area contributed by atoms with E-state index in [1.807, 2.05) is 0 Å². The number of fused-ring (bicyclic) bond motifs is 5. The fourth-order valence-electron chi connectivity index (χ4n) is 7.82. The van der Waals surface area contributed by atoms with Crippen molar-refractivity contribution in [3.05, 3.63) is 47.0 Å². The molecular formula is C31H36O14. The largest absolute Gasteiger partial charge is 0.508 e. The zero-order valence-corrected chi connectivity index (χ0v) is 25.3. The van der Waals surface area contributed by atoms with Gasteiger partial charge in [0.25, 0.3) is 0 Å². The van der Waals surface area contributed by atoms with Crippen molar-refractivity contribution < 1.29 is 68.1 Å². The molecule has 14 nitrogen and oxygen atoms in total. The first-order valence-electron chi connectivity index (χ1n) is 14.4. The highest BCUT2D eigenvalue weighted by Crippen LogP contribution is 2.64. The number of hydrogen-bond acceptors (Lipinski definition) is 13. The van der Waals surface area contributed by atoms with Crippen LogP contribution in [-0.4, -0.2) is 106 Å². The summed E-state index contributed by atoms with van der Waals surface area (Å²) in [7, 11) is 1.05. The maximum Gasteiger partial charge on any atom is 0.508 e. The topological polar surface area (TPSA) is 212 Å². The minimum atomic E-state index is -2.43. The van der Waals surface area contributed by atoms with Crippen molar-refractivity contribution in [2.45, 2.75) is 82.3 Å². The lowest BCUT2D eigenvalue weighted by molar-refractivity contribution is -0.344. The summed E-state index contributed by atoms with van der Waals surface area (Å²) < 4.78 is 27.8. The summed E-state index contributed by atoms with van der Waals surface area (Å²) in [5, 5.41) is 46.1. The first kappa shape index (κ1) is 32.5. The maximum atomic E-state index is 14.9. The Hall–Kier alpha value is -3.85. The highest BCUT2D eigenvalue weighted by Gasteiger charge is 2.78. The van der Waals surface area contributed by atoms with Crippen molar-refractivity contribution in [3.63, 3.8) is 0 Å². The second-order valence-corrected chi connectivity index (χ2v) is 12.8. The van der Waals surface area contributed by atoms with E-state index < -0.39 is 106 Å². The van der Waals surface area contributed by atoms with Gasteiger partial charge in [0.1, 0.15) is 17.8 Å². The lowest BCUT2D eigenvalue weighted by Crippen LogP contribution is -2.82. The number of benzene rings is 1. The molecule has 0 spiro atoms. The Bertz CT molecular complexity index is 1470. The summed E-state index contributed by atoms with van der Waals surface area (Å²) in [5.74, 6) is -6.22. The van der Waals surface area contributed by atoms with Gasteiger partial charge in [0.05, 0.1) is 48.4 Å². The molecule has 0 amide bonds. The van der Waals surface area contributed by atoms with E-state index >= 15 is 0 Å². The quantitative estimate of drug-likeness (QED) is 0.263. The second kappa shape index (κ2) is 10.9. The van der Waals surface area contributed by atoms with E-state index in [1.54, 1.807) is 18.2 Å². The molecule has 3 fully saturated rings. The summed E-state index contributed by atoms with van der Waals surface area (Å²) in [4.78, 5) is 66.4. The first-order valence-corrected chi connectivity index (χ1v) is 14.4. The number of methoxy groups -OCH3 is 1. The minimum absolute atomic E-state index is 0.0471. The van der Waals surface area contributed by atoms with Crippen LogP contribution in [0.25, 0.3) is 0 Å². The maximum absolute atomic E-state index is 14.9. The molecule has 3 aliphatic carbocycles. The van der Waals surface area contributed by atoms with Gasteiger partial charge in [-0.25, -0.2) is 14.4 Å². The Labute approximate surface area is 257 Å². The van der Waals surface area contributed by atoms with E-state index in [-0.39, 0.29) is 18.6 Å². The highest BCUT2D eigenvalue weighted by molar-refractivity contribution is 5.99. The molecule has 0 aromatic heterocycles. The molecule has 1 heterocycles. The number of aliphatic carboxylic acids is 1. The number of carbonyl (C=O) groups excluding carboxylic acids is 4. The highest BCUT2D eigenvalue weighted by atomic mass is 16.8. The molecule has 45 heavy (non-hydrogen) atoms. The van der Waals surface area contributed by atoms with Crippen molar-refractivity contribution in [2.75, 3.05) is 13.7 Å². The molecule has 1 aromatic carbocycles. The number of rotatable bonds is 5. The molecule has 2 saturated carbocycles. The van der Waals surface area contributed by atoms with Crippen molar-refractivity contribution in [3.8, 4) is 0 Å². The van der Waals surface area contributed by atoms with Gasteiger partial charge in [-0.15, -0.1) is 0 Å². The van der Waals surface area contributed by atoms with Crippen molar-refractivity contribution >= 4 is 29.8 Å². The van der Waals surface area contributed by atoms with E-state index in [4.69, 9.17) is 23.7 Å². The summed E-state index contributed by atoms with van der Waals surface area (Å²) >= 11 is 0. The Morgan fingerprint density at radius 1 is 1.02 bits per heavy atom. The van der Waals surface area contributed by atoms with Gasteiger partial charge in [0.2, 0.25) is 0 Å². The van der Waals surface area contributed by atoms with Crippen LogP contribution in [0.4, 0.5) is 4.79 Å². The molecule has 4 N–H and O–H groups in total. The Kier molecular flexibility index (Phi) is 7.88. The van der Waals surface area contributed by atoms with Crippen LogP contribution in [0.5, 0.6) is 0 Å². The molecule has 1 saturated heterocycles. The fraction of sp³-hybridized carbons (Fsp3) is 0.581. The zero-order valence-electron chi connectivity index (χ0n) is 25.3. The molecule has 14 heteroatoms. The van der Waals surface area contributed by atoms with Crippen molar-refractivity contribution in [2.24, 2.45) is 16.7 Å². The number of esters is 2. The van der Waals surface area contributed by atoms with E-state index in [1.165, 1.54) is 32.9 Å². The number of hydrogen-bond donors (Lipinski definition) is 4. The number of ketones is 1. The molecule has 0 radical (unpaired) electrons. The van der Waals surface area contributed by atoms with Gasteiger partial charge >= 0.3 is 24.1 Å². The normalized spacial score (nSPS) is 38.3. The van der Waals surface area contributed by atoms with Crippen LogP contribution in [-0.2, 0) is 38.1 Å². The molecule has 244 valence electrons. The van der Waals surface area contributed by atoms with Gasteiger partial charge in [-0.05, 0) is 24.6 Å². The molecule has 2 bridgehead atoms. The van der Waals surface area contributed by atoms with Crippen LogP contribution in [0.15, 0.2) is 41.5 Å². The molecule has 1 aliphatic heterocycles. The molecular weight excluding hydrogens is 596 g/mol. The smallest absolute Gasteiger partial charge is 0.478 e. The number of Topliss-reactive ketones (excluding diaryl/α,β-unsaturated/α-hetero) is 1. The Morgan fingerprint density at radius 3 is 2.20 bits per heavy atom. The van der Waals surface area contributed by atoms with Crippen molar-refractivity contribution in [1.29, 1.82) is 0 Å².